The molecule has 0 unspecified atom stereocenters. The molecule has 0 aliphatic heterocycles. The summed E-state index contributed by atoms with van der Waals surface area (Å²) in [6.45, 7) is 2.55. The van der Waals surface area contributed by atoms with Gasteiger partial charge in [-0.1, -0.05) is 12.1 Å². The Kier molecular flexibility index (Phi) is 5.15. The van der Waals surface area contributed by atoms with Crippen molar-refractivity contribution in [2.75, 3.05) is 13.2 Å². The summed E-state index contributed by atoms with van der Waals surface area (Å²) in [7, 11) is 0. The molecule has 104 valence electrons. The molecule has 0 aliphatic carbocycles. The van der Waals surface area contributed by atoms with Gasteiger partial charge in [-0.3, -0.25) is 0 Å². The van der Waals surface area contributed by atoms with Crippen LogP contribution in [-0.2, 0) is 0 Å². The van der Waals surface area contributed by atoms with Gasteiger partial charge in [-0.15, -0.1) is 0 Å². The molecule has 0 saturated carbocycles. The number of nitrogens with zero attached hydrogens (tertiary/aromatic N) is 1. The summed E-state index contributed by atoms with van der Waals surface area (Å²) in [6.07, 6.45) is 1.70. The molecule has 4 heteroatoms. The zero-order valence-corrected chi connectivity index (χ0v) is 11.4. The summed E-state index contributed by atoms with van der Waals surface area (Å²) in [5.41, 5.74) is 4.87. The van der Waals surface area contributed by atoms with Gasteiger partial charge in [0.05, 0.1) is 19.4 Å². The van der Waals surface area contributed by atoms with Gasteiger partial charge in [0, 0.05) is 0 Å². The van der Waals surface area contributed by atoms with E-state index < -0.39 is 0 Å². The Balaban J connectivity index is 1.96. The minimum Gasteiger partial charge on any atom is -0.457 e. The van der Waals surface area contributed by atoms with E-state index >= 15 is 0 Å². The molecule has 0 radical (unpaired) electrons. The second kappa shape index (κ2) is 7.31. The standard InChI is InChI=1S/C16H18N2O2/c1-13-3-2-4-16(11-13)20-15-7-5-14(6-8-15)12-18-17-9-10-19/h2-8,11-12,17,19H,9-10H2,1H3. The van der Waals surface area contributed by atoms with E-state index in [9.17, 15) is 0 Å². The minimum absolute atomic E-state index is 0.0700. The largest absolute Gasteiger partial charge is 0.457 e. The van der Waals surface area contributed by atoms with Crippen LogP contribution in [-0.4, -0.2) is 24.5 Å². The van der Waals surface area contributed by atoms with Gasteiger partial charge in [0.25, 0.3) is 0 Å². The number of hydrogen-bond donors (Lipinski definition) is 2. The molecule has 20 heavy (non-hydrogen) atoms. The Morgan fingerprint density at radius 1 is 1.15 bits per heavy atom. The first kappa shape index (κ1) is 14.1. The second-order valence-corrected chi connectivity index (χ2v) is 4.38. The van der Waals surface area contributed by atoms with Crippen molar-refractivity contribution in [3.63, 3.8) is 0 Å². The van der Waals surface area contributed by atoms with Crippen molar-refractivity contribution in [1.82, 2.24) is 5.43 Å². The van der Waals surface area contributed by atoms with Crippen LogP contribution in [0, 0.1) is 6.92 Å². The van der Waals surface area contributed by atoms with Crippen LogP contribution >= 0.6 is 0 Å². The first-order chi connectivity index (χ1) is 9.78. The highest BCUT2D eigenvalue weighted by atomic mass is 16.5. The molecule has 0 amide bonds. The zero-order chi connectivity index (χ0) is 14.2. The normalized spacial score (nSPS) is 10.7. The number of ether oxygens (including phenoxy) is 1. The number of aryl methyl sites for hydroxylation is 1. The number of hydrazone groups is 1. The molecule has 2 rings (SSSR count). The fourth-order valence-corrected chi connectivity index (χ4v) is 1.67. The molecule has 0 spiro atoms. The first-order valence-electron chi connectivity index (χ1n) is 6.49. The van der Waals surface area contributed by atoms with Crippen LogP contribution in [0.1, 0.15) is 11.1 Å². The van der Waals surface area contributed by atoms with Crippen molar-refractivity contribution in [3.05, 3.63) is 59.7 Å². The summed E-state index contributed by atoms with van der Waals surface area (Å²) in [5.74, 6) is 1.62. The SMILES string of the molecule is Cc1cccc(Oc2ccc(C=NNCCO)cc2)c1. The molecule has 0 saturated heterocycles. The number of hydrogen-bond acceptors (Lipinski definition) is 4. The van der Waals surface area contributed by atoms with Crippen molar-refractivity contribution in [3.8, 4) is 11.5 Å². The van der Waals surface area contributed by atoms with Crippen LogP contribution < -0.4 is 10.2 Å². The van der Waals surface area contributed by atoms with E-state index in [1.807, 2.05) is 55.5 Å². The average Bonchev–Trinajstić information content (AvgIpc) is 2.45. The lowest BCUT2D eigenvalue weighted by molar-refractivity contribution is 0.294. The molecule has 0 aromatic heterocycles. The third-order valence-corrected chi connectivity index (χ3v) is 2.63. The molecule has 2 aromatic carbocycles. The van der Waals surface area contributed by atoms with Crippen LogP contribution in [0.25, 0.3) is 0 Å². The van der Waals surface area contributed by atoms with Crippen molar-refractivity contribution in [2.45, 2.75) is 6.92 Å². The number of aliphatic hydroxyl groups is 1. The van der Waals surface area contributed by atoms with Gasteiger partial charge in [-0.05, 0) is 54.4 Å². The predicted molar refractivity (Wildman–Crippen MR) is 80.4 cm³/mol. The molecular weight excluding hydrogens is 252 g/mol. The van der Waals surface area contributed by atoms with Crippen LogP contribution in [0.5, 0.6) is 11.5 Å². The van der Waals surface area contributed by atoms with Crippen molar-refractivity contribution >= 4 is 6.21 Å². The third-order valence-electron chi connectivity index (χ3n) is 2.63. The van der Waals surface area contributed by atoms with E-state index in [0.29, 0.717) is 6.54 Å². The van der Waals surface area contributed by atoms with E-state index in [1.54, 1.807) is 6.21 Å². The van der Waals surface area contributed by atoms with Gasteiger partial charge in [0.15, 0.2) is 0 Å². The zero-order valence-electron chi connectivity index (χ0n) is 11.4. The van der Waals surface area contributed by atoms with Crippen LogP contribution in [0.2, 0.25) is 0 Å². The van der Waals surface area contributed by atoms with Gasteiger partial charge < -0.3 is 15.3 Å². The topological polar surface area (TPSA) is 53.8 Å². The molecule has 0 atom stereocenters. The highest BCUT2D eigenvalue weighted by Gasteiger charge is 1.97. The Hall–Kier alpha value is -2.33. The minimum atomic E-state index is 0.0700. The lowest BCUT2D eigenvalue weighted by Gasteiger charge is -2.06. The fourth-order valence-electron chi connectivity index (χ4n) is 1.67. The molecule has 0 aliphatic rings. The van der Waals surface area contributed by atoms with Crippen LogP contribution in [0.3, 0.4) is 0 Å². The summed E-state index contributed by atoms with van der Waals surface area (Å²) in [5, 5.41) is 12.6. The number of benzene rings is 2. The molecular formula is C16H18N2O2. The lowest BCUT2D eigenvalue weighted by Crippen LogP contribution is -2.11. The third kappa shape index (κ3) is 4.40. The fraction of sp³-hybridized carbons (Fsp3) is 0.188. The van der Waals surface area contributed by atoms with E-state index in [1.165, 1.54) is 5.56 Å². The Labute approximate surface area is 118 Å². The second-order valence-electron chi connectivity index (χ2n) is 4.38. The van der Waals surface area contributed by atoms with Crippen molar-refractivity contribution in [1.29, 1.82) is 0 Å². The van der Waals surface area contributed by atoms with Gasteiger partial charge in [-0.25, -0.2) is 0 Å². The molecule has 0 bridgehead atoms. The quantitative estimate of drug-likeness (QED) is 0.482. The number of rotatable bonds is 6. The van der Waals surface area contributed by atoms with Crippen LogP contribution in [0.15, 0.2) is 53.6 Å². The first-order valence-corrected chi connectivity index (χ1v) is 6.49. The number of nitrogens with one attached hydrogen (secondary N) is 1. The molecule has 4 nitrogen and oxygen atoms in total. The number of aliphatic hydroxyl groups excluding tert-OH is 1. The predicted octanol–water partition coefficient (Wildman–Crippen LogP) is 2.70. The molecule has 2 N–H and O–H groups in total. The molecule has 0 fully saturated rings. The van der Waals surface area contributed by atoms with Gasteiger partial charge in [-0.2, -0.15) is 5.10 Å². The van der Waals surface area contributed by atoms with Gasteiger partial charge >= 0.3 is 0 Å². The summed E-state index contributed by atoms with van der Waals surface area (Å²) >= 11 is 0. The summed E-state index contributed by atoms with van der Waals surface area (Å²) < 4.78 is 5.76. The highest BCUT2D eigenvalue weighted by Crippen LogP contribution is 2.22. The maximum absolute atomic E-state index is 8.61. The monoisotopic (exact) mass is 270 g/mol. The lowest BCUT2D eigenvalue weighted by atomic mass is 10.2. The Bertz CT molecular complexity index is 565. The van der Waals surface area contributed by atoms with Crippen molar-refractivity contribution in [2.24, 2.45) is 5.10 Å². The maximum atomic E-state index is 8.61. The van der Waals surface area contributed by atoms with Gasteiger partial charge in [0.2, 0.25) is 0 Å². The summed E-state index contributed by atoms with van der Waals surface area (Å²) in [6, 6.07) is 15.6. The van der Waals surface area contributed by atoms with Gasteiger partial charge in [0.1, 0.15) is 11.5 Å². The maximum Gasteiger partial charge on any atom is 0.127 e. The smallest absolute Gasteiger partial charge is 0.127 e. The molecule has 0 heterocycles. The Morgan fingerprint density at radius 3 is 2.65 bits per heavy atom. The van der Waals surface area contributed by atoms with Crippen LogP contribution in [0.4, 0.5) is 0 Å². The summed E-state index contributed by atoms with van der Waals surface area (Å²) in [4.78, 5) is 0. The van der Waals surface area contributed by atoms with E-state index in [0.717, 1.165) is 17.1 Å². The van der Waals surface area contributed by atoms with E-state index in [-0.39, 0.29) is 6.61 Å². The van der Waals surface area contributed by atoms with E-state index in [2.05, 4.69) is 10.5 Å². The Morgan fingerprint density at radius 2 is 1.95 bits per heavy atom. The van der Waals surface area contributed by atoms with Crippen molar-refractivity contribution < 1.29 is 9.84 Å². The average molecular weight is 270 g/mol. The highest BCUT2D eigenvalue weighted by molar-refractivity contribution is 5.79. The molecule has 2 aromatic rings. The van der Waals surface area contributed by atoms with E-state index in [4.69, 9.17) is 9.84 Å².